The van der Waals surface area contributed by atoms with Crippen molar-refractivity contribution in [2.75, 3.05) is 11.0 Å². The van der Waals surface area contributed by atoms with Crippen molar-refractivity contribution >= 4 is 26.7 Å². The molecule has 0 bridgehead atoms. The molecular weight excluding hydrogens is 288 g/mol. The van der Waals surface area contributed by atoms with Crippen molar-refractivity contribution in [1.82, 2.24) is 15.0 Å². The van der Waals surface area contributed by atoms with E-state index in [4.69, 9.17) is 0 Å². The number of H-pyrrole nitrogens is 1. The van der Waals surface area contributed by atoms with E-state index in [2.05, 4.69) is 19.7 Å². The molecule has 2 N–H and O–H groups in total. The molecule has 0 aliphatic rings. The lowest BCUT2D eigenvalue weighted by atomic mass is 10.2. The van der Waals surface area contributed by atoms with E-state index in [1.807, 2.05) is 25.1 Å². The van der Waals surface area contributed by atoms with Gasteiger partial charge in [0.15, 0.2) is 0 Å². The highest BCUT2D eigenvalue weighted by atomic mass is 32.2. The first kappa shape index (κ1) is 13.6. The normalized spacial score (nSPS) is 11.7. The lowest BCUT2D eigenvalue weighted by molar-refractivity contribution is 0.607. The predicted octanol–water partition coefficient (Wildman–Crippen LogP) is 2.30. The quantitative estimate of drug-likeness (QED) is 0.777. The van der Waals surface area contributed by atoms with E-state index in [1.165, 1.54) is 0 Å². The third kappa shape index (κ3) is 2.87. The Balaban J connectivity index is 2.10. The summed E-state index contributed by atoms with van der Waals surface area (Å²) in [4.78, 5) is 11.8. The van der Waals surface area contributed by atoms with Gasteiger partial charge in [0.2, 0.25) is 10.0 Å². The van der Waals surface area contributed by atoms with Crippen LogP contribution in [-0.4, -0.2) is 29.6 Å². The van der Waals surface area contributed by atoms with Crippen LogP contribution in [0.4, 0.5) is 5.69 Å². The van der Waals surface area contributed by atoms with E-state index < -0.39 is 10.0 Å². The van der Waals surface area contributed by atoms with Gasteiger partial charge in [-0.2, -0.15) is 0 Å². The summed E-state index contributed by atoms with van der Waals surface area (Å²) in [6.07, 6.45) is 4.55. The molecule has 3 aromatic rings. The van der Waals surface area contributed by atoms with Crippen LogP contribution in [0.1, 0.15) is 5.56 Å². The molecule has 0 aliphatic heterocycles. The maximum Gasteiger partial charge on any atom is 0.229 e. The number of aryl methyl sites for hydroxylation is 1. The zero-order chi connectivity index (χ0) is 15.0. The van der Waals surface area contributed by atoms with Gasteiger partial charge in [-0.25, -0.2) is 13.4 Å². The van der Waals surface area contributed by atoms with E-state index in [0.717, 1.165) is 22.9 Å². The number of fused-ring (bicyclic) bond motifs is 1. The number of nitrogens with one attached hydrogen (secondary N) is 2. The van der Waals surface area contributed by atoms with Crippen molar-refractivity contribution in [3.05, 3.63) is 42.2 Å². The summed E-state index contributed by atoms with van der Waals surface area (Å²) in [5.74, 6) is 0.703. The Kier molecular flexibility index (Phi) is 3.13. The summed E-state index contributed by atoms with van der Waals surface area (Å²) in [5.41, 5.74) is 3.79. The number of anilines is 1. The molecule has 0 saturated heterocycles. The molecule has 0 amide bonds. The van der Waals surface area contributed by atoms with Crippen molar-refractivity contribution in [2.24, 2.45) is 0 Å². The number of rotatable bonds is 3. The molecule has 0 atom stereocenters. The summed E-state index contributed by atoms with van der Waals surface area (Å²) in [6.45, 7) is 1.84. The van der Waals surface area contributed by atoms with Crippen LogP contribution in [-0.2, 0) is 10.0 Å². The van der Waals surface area contributed by atoms with Gasteiger partial charge in [0.05, 0.1) is 23.0 Å². The largest absolute Gasteiger partial charge is 0.338 e. The standard InChI is InChI=1S/C14H14N4O2S/c1-9-6-12-13(7-11(9)18-21(2,19)20)17-14(16-12)10-4-3-5-15-8-10/h3-8,18H,1-2H3,(H,16,17). The van der Waals surface area contributed by atoms with Crippen LogP contribution >= 0.6 is 0 Å². The Labute approximate surface area is 122 Å². The minimum atomic E-state index is -3.31. The first-order valence-electron chi connectivity index (χ1n) is 6.31. The maximum absolute atomic E-state index is 11.4. The summed E-state index contributed by atoms with van der Waals surface area (Å²) < 4.78 is 25.2. The summed E-state index contributed by atoms with van der Waals surface area (Å²) in [6, 6.07) is 7.34. The first-order valence-corrected chi connectivity index (χ1v) is 8.20. The number of benzene rings is 1. The molecule has 21 heavy (non-hydrogen) atoms. The molecule has 0 aliphatic carbocycles. The number of pyridine rings is 1. The van der Waals surface area contributed by atoms with Crippen molar-refractivity contribution in [2.45, 2.75) is 6.92 Å². The van der Waals surface area contributed by atoms with Crippen molar-refractivity contribution in [3.63, 3.8) is 0 Å². The molecule has 2 heterocycles. The van der Waals surface area contributed by atoms with E-state index in [9.17, 15) is 8.42 Å². The molecule has 0 radical (unpaired) electrons. The van der Waals surface area contributed by atoms with Crippen molar-refractivity contribution < 1.29 is 8.42 Å². The Morgan fingerprint density at radius 2 is 2.10 bits per heavy atom. The number of imidazole rings is 1. The van der Waals surface area contributed by atoms with E-state index >= 15 is 0 Å². The molecule has 6 nitrogen and oxygen atoms in total. The molecule has 0 fully saturated rings. The number of hydrogen-bond donors (Lipinski definition) is 2. The molecule has 2 aromatic heterocycles. The fourth-order valence-corrected chi connectivity index (χ4v) is 2.73. The van der Waals surface area contributed by atoms with Crippen molar-refractivity contribution in [1.29, 1.82) is 0 Å². The second-order valence-corrected chi connectivity index (χ2v) is 6.63. The Hall–Kier alpha value is -2.41. The molecule has 0 saturated carbocycles. The van der Waals surface area contributed by atoms with Gasteiger partial charge in [-0.3, -0.25) is 9.71 Å². The molecule has 0 spiro atoms. The predicted molar refractivity (Wildman–Crippen MR) is 82.5 cm³/mol. The van der Waals surface area contributed by atoms with Gasteiger partial charge in [-0.1, -0.05) is 0 Å². The first-order chi connectivity index (χ1) is 9.92. The highest BCUT2D eigenvalue weighted by Gasteiger charge is 2.10. The molecule has 108 valence electrons. The number of hydrogen-bond acceptors (Lipinski definition) is 4. The van der Waals surface area contributed by atoms with Crippen LogP contribution < -0.4 is 4.72 Å². The lowest BCUT2D eigenvalue weighted by Crippen LogP contribution is -2.10. The van der Waals surface area contributed by atoms with Gasteiger partial charge in [-0.15, -0.1) is 0 Å². The highest BCUT2D eigenvalue weighted by Crippen LogP contribution is 2.25. The lowest BCUT2D eigenvalue weighted by Gasteiger charge is -2.06. The second kappa shape index (κ2) is 4.85. The van der Waals surface area contributed by atoms with E-state index in [-0.39, 0.29) is 0 Å². The summed E-state index contributed by atoms with van der Waals surface area (Å²) in [7, 11) is -3.31. The SMILES string of the molecule is Cc1cc2[nH]c(-c3cccnc3)nc2cc1NS(C)(=O)=O. The minimum absolute atomic E-state index is 0.536. The van der Waals surface area contributed by atoms with Crippen LogP contribution in [0, 0.1) is 6.92 Å². The minimum Gasteiger partial charge on any atom is -0.338 e. The highest BCUT2D eigenvalue weighted by molar-refractivity contribution is 7.92. The number of aromatic amines is 1. The second-order valence-electron chi connectivity index (χ2n) is 4.89. The number of aromatic nitrogens is 3. The van der Waals surface area contributed by atoms with Gasteiger partial charge in [0, 0.05) is 18.0 Å². The molecule has 7 heteroatoms. The van der Waals surface area contributed by atoms with Gasteiger partial charge < -0.3 is 4.98 Å². The Morgan fingerprint density at radius 3 is 2.76 bits per heavy atom. The Morgan fingerprint density at radius 1 is 1.29 bits per heavy atom. The monoisotopic (exact) mass is 302 g/mol. The molecule has 0 unspecified atom stereocenters. The maximum atomic E-state index is 11.4. The van der Waals surface area contributed by atoms with Crippen LogP contribution in [0.5, 0.6) is 0 Å². The topological polar surface area (TPSA) is 87.7 Å². The smallest absolute Gasteiger partial charge is 0.229 e. The molecular formula is C14H14N4O2S. The van der Waals surface area contributed by atoms with E-state index in [1.54, 1.807) is 18.5 Å². The zero-order valence-electron chi connectivity index (χ0n) is 11.6. The van der Waals surface area contributed by atoms with E-state index in [0.29, 0.717) is 17.0 Å². The van der Waals surface area contributed by atoms with Crippen LogP contribution in [0.3, 0.4) is 0 Å². The van der Waals surface area contributed by atoms with Gasteiger partial charge in [0.1, 0.15) is 5.82 Å². The van der Waals surface area contributed by atoms with Gasteiger partial charge in [0.25, 0.3) is 0 Å². The summed E-state index contributed by atoms with van der Waals surface area (Å²) >= 11 is 0. The van der Waals surface area contributed by atoms with Crippen molar-refractivity contribution in [3.8, 4) is 11.4 Å². The van der Waals surface area contributed by atoms with Gasteiger partial charge in [-0.05, 0) is 36.8 Å². The fourth-order valence-electron chi connectivity index (χ4n) is 2.11. The molecule has 1 aromatic carbocycles. The van der Waals surface area contributed by atoms with Gasteiger partial charge >= 0.3 is 0 Å². The third-order valence-corrected chi connectivity index (χ3v) is 3.65. The average Bonchev–Trinajstić information content (AvgIpc) is 2.81. The number of sulfonamides is 1. The Bertz CT molecular complexity index is 901. The zero-order valence-corrected chi connectivity index (χ0v) is 12.4. The number of nitrogens with zero attached hydrogens (tertiary/aromatic N) is 2. The fraction of sp³-hybridized carbons (Fsp3) is 0.143. The van der Waals surface area contributed by atoms with Crippen LogP contribution in [0.15, 0.2) is 36.7 Å². The van der Waals surface area contributed by atoms with Crippen LogP contribution in [0.2, 0.25) is 0 Å². The van der Waals surface area contributed by atoms with Crippen LogP contribution in [0.25, 0.3) is 22.4 Å². The third-order valence-electron chi connectivity index (χ3n) is 3.06. The average molecular weight is 302 g/mol. The molecule has 3 rings (SSSR count). The summed E-state index contributed by atoms with van der Waals surface area (Å²) in [5, 5.41) is 0.